The van der Waals surface area contributed by atoms with Gasteiger partial charge in [0.15, 0.2) is 0 Å². The molecule has 5 nitrogen and oxygen atoms in total. The fraction of sp³-hybridized carbons (Fsp3) is 0.529. The van der Waals surface area contributed by atoms with Gasteiger partial charge in [-0.3, -0.25) is 4.79 Å². The van der Waals surface area contributed by atoms with Crippen LogP contribution in [0.5, 0.6) is 0 Å². The van der Waals surface area contributed by atoms with Crippen molar-refractivity contribution in [2.45, 2.75) is 45.3 Å². The van der Waals surface area contributed by atoms with E-state index in [0.717, 1.165) is 0 Å². The van der Waals surface area contributed by atoms with Crippen molar-refractivity contribution < 1.29 is 14.3 Å². The molecule has 0 saturated carbocycles. The third-order valence-electron chi connectivity index (χ3n) is 3.65. The molecule has 0 spiro atoms. The Kier molecular flexibility index (Phi) is 5.99. The molecule has 1 aliphatic rings. The number of rotatable bonds is 2. The first kappa shape index (κ1) is 18.9. The van der Waals surface area contributed by atoms with Gasteiger partial charge in [0.05, 0.1) is 10.6 Å². The molecule has 7 heteroatoms. The number of amides is 2. The summed E-state index contributed by atoms with van der Waals surface area (Å²) in [6.07, 6.45) is 1.02. The van der Waals surface area contributed by atoms with Gasteiger partial charge < -0.3 is 15.0 Å². The number of hydrogen-bond donors (Lipinski definition) is 1. The highest BCUT2D eigenvalue weighted by molar-refractivity contribution is 6.35. The van der Waals surface area contributed by atoms with Crippen molar-refractivity contribution in [2.75, 3.05) is 13.1 Å². The second kappa shape index (κ2) is 7.62. The summed E-state index contributed by atoms with van der Waals surface area (Å²) in [5, 5.41) is 3.78. The van der Waals surface area contributed by atoms with Gasteiger partial charge in [-0.2, -0.15) is 0 Å². The van der Waals surface area contributed by atoms with Crippen molar-refractivity contribution in [1.82, 2.24) is 10.2 Å². The molecule has 1 aromatic rings. The number of ether oxygens (including phenoxy) is 1. The summed E-state index contributed by atoms with van der Waals surface area (Å²) in [4.78, 5) is 26.0. The van der Waals surface area contributed by atoms with Crippen molar-refractivity contribution in [3.8, 4) is 0 Å². The Hall–Kier alpha value is -1.46. The smallest absolute Gasteiger partial charge is 0.410 e. The van der Waals surface area contributed by atoms with E-state index in [4.69, 9.17) is 27.9 Å². The molecule has 0 radical (unpaired) electrons. The highest BCUT2D eigenvalue weighted by atomic mass is 35.5. The summed E-state index contributed by atoms with van der Waals surface area (Å²) in [6.45, 7) is 6.61. The molecule has 2 amide bonds. The largest absolute Gasteiger partial charge is 0.444 e. The molecule has 0 atom stereocenters. The summed E-state index contributed by atoms with van der Waals surface area (Å²) >= 11 is 12.0. The number of halogens is 2. The van der Waals surface area contributed by atoms with Gasteiger partial charge in [0.25, 0.3) is 5.91 Å². The fourth-order valence-electron chi connectivity index (χ4n) is 2.47. The molecule has 132 valence electrons. The van der Waals surface area contributed by atoms with Crippen molar-refractivity contribution in [2.24, 2.45) is 0 Å². The first-order valence-corrected chi connectivity index (χ1v) is 8.65. The Morgan fingerprint density at radius 1 is 1.21 bits per heavy atom. The van der Waals surface area contributed by atoms with Crippen LogP contribution in [0.1, 0.15) is 44.0 Å². The van der Waals surface area contributed by atoms with Crippen LogP contribution >= 0.6 is 23.2 Å². The van der Waals surface area contributed by atoms with E-state index < -0.39 is 5.60 Å². The molecule has 0 aromatic heterocycles. The number of nitrogens with zero attached hydrogens (tertiary/aromatic N) is 1. The lowest BCUT2D eigenvalue weighted by atomic mass is 10.0. The van der Waals surface area contributed by atoms with E-state index in [0.29, 0.717) is 41.5 Å². The number of hydrogen-bond acceptors (Lipinski definition) is 3. The lowest BCUT2D eigenvalue weighted by Gasteiger charge is -2.33. The maximum Gasteiger partial charge on any atom is 0.410 e. The molecule has 0 unspecified atom stereocenters. The SMILES string of the molecule is CC(C)(C)OC(=O)N1CCC(NC(=O)c2cc(Cl)ccc2Cl)CC1. The standard InChI is InChI=1S/C17H22Cl2N2O3/c1-17(2,3)24-16(23)21-8-6-12(7-9-21)20-15(22)13-10-11(18)4-5-14(13)19/h4-5,10,12H,6-9H2,1-3H3,(H,20,22). The van der Waals surface area contributed by atoms with E-state index in [2.05, 4.69) is 5.32 Å². The normalized spacial score (nSPS) is 16.0. The Bertz CT molecular complexity index is 621. The van der Waals surface area contributed by atoms with Gasteiger partial charge in [0.2, 0.25) is 0 Å². The minimum Gasteiger partial charge on any atom is -0.444 e. The zero-order valence-electron chi connectivity index (χ0n) is 14.1. The van der Waals surface area contributed by atoms with E-state index in [-0.39, 0.29) is 18.0 Å². The van der Waals surface area contributed by atoms with Gasteiger partial charge in [-0.05, 0) is 51.8 Å². The maximum absolute atomic E-state index is 12.3. The van der Waals surface area contributed by atoms with Crippen LogP contribution in [0.4, 0.5) is 4.79 Å². The minimum absolute atomic E-state index is 0.00812. The molecule has 1 aliphatic heterocycles. The van der Waals surface area contributed by atoms with Crippen LogP contribution in [0.3, 0.4) is 0 Å². The number of benzene rings is 1. The molecule has 1 aromatic carbocycles. The molecule has 1 heterocycles. The minimum atomic E-state index is -0.508. The van der Waals surface area contributed by atoms with Crippen molar-refractivity contribution in [1.29, 1.82) is 0 Å². The lowest BCUT2D eigenvalue weighted by molar-refractivity contribution is 0.0199. The molecule has 24 heavy (non-hydrogen) atoms. The first-order chi connectivity index (χ1) is 11.2. The van der Waals surface area contributed by atoms with Crippen LogP contribution < -0.4 is 5.32 Å². The number of piperidine rings is 1. The predicted octanol–water partition coefficient (Wildman–Crippen LogP) is 4.12. The molecule has 1 saturated heterocycles. The predicted molar refractivity (Wildman–Crippen MR) is 94.8 cm³/mol. The molecule has 1 fully saturated rings. The number of likely N-dealkylation sites (tertiary alicyclic amines) is 1. The van der Waals surface area contributed by atoms with Crippen LogP contribution in [-0.2, 0) is 4.74 Å². The topological polar surface area (TPSA) is 58.6 Å². The Morgan fingerprint density at radius 2 is 1.83 bits per heavy atom. The second-order valence-corrected chi connectivity index (χ2v) is 7.68. The van der Waals surface area contributed by atoms with Crippen molar-refractivity contribution >= 4 is 35.2 Å². The Balaban J connectivity index is 1.88. The van der Waals surface area contributed by atoms with Gasteiger partial charge in [-0.15, -0.1) is 0 Å². The van der Waals surface area contributed by atoms with Crippen LogP contribution in [0.25, 0.3) is 0 Å². The van der Waals surface area contributed by atoms with Gasteiger partial charge in [0, 0.05) is 24.2 Å². The lowest BCUT2D eigenvalue weighted by Crippen LogP contribution is -2.47. The third kappa shape index (κ3) is 5.28. The molecule has 1 N–H and O–H groups in total. The van der Waals surface area contributed by atoms with Crippen LogP contribution in [0.2, 0.25) is 10.0 Å². The van der Waals surface area contributed by atoms with E-state index in [1.165, 1.54) is 0 Å². The van der Waals surface area contributed by atoms with Crippen LogP contribution in [0.15, 0.2) is 18.2 Å². The zero-order valence-corrected chi connectivity index (χ0v) is 15.6. The van der Waals surface area contributed by atoms with Gasteiger partial charge >= 0.3 is 6.09 Å². The van der Waals surface area contributed by atoms with E-state index >= 15 is 0 Å². The quantitative estimate of drug-likeness (QED) is 0.848. The van der Waals surface area contributed by atoms with Crippen molar-refractivity contribution in [3.05, 3.63) is 33.8 Å². The fourth-order valence-corrected chi connectivity index (χ4v) is 2.84. The molecular formula is C17H22Cl2N2O3. The monoisotopic (exact) mass is 372 g/mol. The average molecular weight is 373 g/mol. The van der Waals surface area contributed by atoms with Crippen LogP contribution in [-0.4, -0.2) is 41.6 Å². The summed E-state index contributed by atoms with van der Waals surface area (Å²) < 4.78 is 5.36. The highest BCUT2D eigenvalue weighted by Gasteiger charge is 2.27. The number of carbonyl (C=O) groups is 2. The van der Waals surface area contributed by atoms with Crippen molar-refractivity contribution in [3.63, 3.8) is 0 Å². The summed E-state index contributed by atoms with van der Waals surface area (Å²) in [6, 6.07) is 4.78. The van der Waals surface area contributed by atoms with Gasteiger partial charge in [-0.25, -0.2) is 4.79 Å². The van der Waals surface area contributed by atoms with Gasteiger partial charge in [-0.1, -0.05) is 23.2 Å². The number of carbonyl (C=O) groups excluding carboxylic acids is 2. The maximum atomic E-state index is 12.3. The van der Waals surface area contributed by atoms with Gasteiger partial charge in [0.1, 0.15) is 5.60 Å². The third-order valence-corrected chi connectivity index (χ3v) is 4.22. The summed E-state index contributed by atoms with van der Waals surface area (Å²) in [5.74, 6) is -0.252. The van der Waals surface area contributed by atoms with E-state index in [9.17, 15) is 9.59 Å². The highest BCUT2D eigenvalue weighted by Crippen LogP contribution is 2.21. The zero-order chi connectivity index (χ0) is 17.9. The Labute approximate surface area is 152 Å². The molecule has 2 rings (SSSR count). The first-order valence-electron chi connectivity index (χ1n) is 7.89. The molecule has 0 aliphatic carbocycles. The van der Waals surface area contributed by atoms with E-state index in [1.54, 1.807) is 23.1 Å². The Morgan fingerprint density at radius 3 is 2.42 bits per heavy atom. The van der Waals surface area contributed by atoms with E-state index in [1.807, 2.05) is 20.8 Å². The van der Waals surface area contributed by atoms with Crippen LogP contribution in [0, 0.1) is 0 Å². The average Bonchev–Trinajstić information content (AvgIpc) is 2.48. The summed E-state index contributed by atoms with van der Waals surface area (Å²) in [7, 11) is 0. The molecule has 0 bridgehead atoms. The number of nitrogens with one attached hydrogen (secondary N) is 1. The molecular weight excluding hydrogens is 351 g/mol. The summed E-state index contributed by atoms with van der Waals surface area (Å²) in [5.41, 5.74) is -0.149. The second-order valence-electron chi connectivity index (χ2n) is 6.84.